The van der Waals surface area contributed by atoms with Gasteiger partial charge in [-0.15, -0.1) is 23.7 Å². The quantitative estimate of drug-likeness (QED) is 0.751. The van der Waals surface area contributed by atoms with Crippen LogP contribution in [0.15, 0.2) is 53.9 Å². The molecule has 0 saturated heterocycles. The SMILES string of the molecule is CCOc1ccc2ccccc2c1[C@@H](N)c1cccs1.Cl. The van der Waals surface area contributed by atoms with E-state index in [2.05, 4.69) is 29.6 Å². The van der Waals surface area contributed by atoms with Gasteiger partial charge in [0.05, 0.1) is 12.6 Å². The zero-order valence-electron chi connectivity index (χ0n) is 11.8. The number of rotatable bonds is 4. The van der Waals surface area contributed by atoms with Crippen LogP contribution in [0.5, 0.6) is 5.75 Å². The molecular formula is C17H18ClNOS. The standard InChI is InChI=1S/C17H17NOS.ClH/c1-2-19-14-10-9-12-6-3-4-7-13(12)16(14)17(18)15-8-5-11-20-15;/h3-11,17H,2,18H2,1H3;1H/t17-;/m0./s1. The Morgan fingerprint density at radius 2 is 1.90 bits per heavy atom. The summed E-state index contributed by atoms with van der Waals surface area (Å²) in [6.07, 6.45) is 0. The zero-order valence-corrected chi connectivity index (χ0v) is 13.4. The number of benzene rings is 2. The number of thiophene rings is 1. The van der Waals surface area contributed by atoms with Gasteiger partial charge in [0.2, 0.25) is 0 Å². The number of ether oxygens (including phenoxy) is 1. The van der Waals surface area contributed by atoms with E-state index < -0.39 is 0 Å². The van der Waals surface area contributed by atoms with Crippen LogP contribution in [0.4, 0.5) is 0 Å². The summed E-state index contributed by atoms with van der Waals surface area (Å²) in [7, 11) is 0. The summed E-state index contributed by atoms with van der Waals surface area (Å²) in [4.78, 5) is 1.15. The molecule has 0 amide bonds. The van der Waals surface area contributed by atoms with Crippen LogP contribution in [0.1, 0.15) is 23.4 Å². The first kappa shape index (κ1) is 15.8. The summed E-state index contributed by atoms with van der Waals surface area (Å²) in [6.45, 7) is 2.64. The Bertz CT molecular complexity index is 712. The molecule has 1 atom stereocenters. The van der Waals surface area contributed by atoms with Crippen LogP contribution in [-0.2, 0) is 0 Å². The fraction of sp³-hybridized carbons (Fsp3) is 0.176. The molecule has 1 aromatic heterocycles. The first-order chi connectivity index (χ1) is 9.81. The number of halogens is 1. The summed E-state index contributed by atoms with van der Waals surface area (Å²) in [5, 5.41) is 4.41. The lowest BCUT2D eigenvalue weighted by atomic mass is 9.97. The summed E-state index contributed by atoms with van der Waals surface area (Å²) >= 11 is 1.68. The third-order valence-electron chi connectivity index (χ3n) is 3.39. The summed E-state index contributed by atoms with van der Waals surface area (Å²) in [5.41, 5.74) is 7.56. The van der Waals surface area contributed by atoms with Crippen molar-refractivity contribution in [1.82, 2.24) is 0 Å². The van der Waals surface area contributed by atoms with E-state index in [1.54, 1.807) is 11.3 Å². The van der Waals surface area contributed by atoms with Gasteiger partial charge < -0.3 is 10.5 Å². The average Bonchev–Trinajstić information content (AvgIpc) is 3.01. The van der Waals surface area contributed by atoms with Gasteiger partial charge in [-0.05, 0) is 35.2 Å². The molecule has 4 heteroatoms. The predicted molar refractivity (Wildman–Crippen MR) is 92.7 cm³/mol. The van der Waals surface area contributed by atoms with Crippen molar-refractivity contribution >= 4 is 34.5 Å². The van der Waals surface area contributed by atoms with E-state index in [9.17, 15) is 0 Å². The van der Waals surface area contributed by atoms with Gasteiger partial charge in [0.25, 0.3) is 0 Å². The molecule has 2 aromatic carbocycles. The van der Waals surface area contributed by atoms with Gasteiger partial charge in [0, 0.05) is 10.4 Å². The molecule has 21 heavy (non-hydrogen) atoms. The molecule has 0 unspecified atom stereocenters. The predicted octanol–water partition coefficient (Wildman–Crippen LogP) is 4.77. The topological polar surface area (TPSA) is 35.2 Å². The van der Waals surface area contributed by atoms with E-state index in [0.717, 1.165) is 16.2 Å². The molecule has 110 valence electrons. The van der Waals surface area contributed by atoms with Gasteiger partial charge in [0.1, 0.15) is 5.75 Å². The largest absolute Gasteiger partial charge is 0.493 e. The van der Waals surface area contributed by atoms with Crippen LogP contribution < -0.4 is 10.5 Å². The van der Waals surface area contributed by atoms with Gasteiger partial charge >= 0.3 is 0 Å². The lowest BCUT2D eigenvalue weighted by Gasteiger charge is -2.18. The second-order valence-electron chi connectivity index (χ2n) is 4.62. The van der Waals surface area contributed by atoms with Crippen LogP contribution in [-0.4, -0.2) is 6.61 Å². The Morgan fingerprint density at radius 3 is 2.62 bits per heavy atom. The highest BCUT2D eigenvalue weighted by Gasteiger charge is 2.18. The molecule has 0 saturated carbocycles. The third kappa shape index (κ3) is 3.05. The van der Waals surface area contributed by atoms with Crippen molar-refractivity contribution in [2.45, 2.75) is 13.0 Å². The van der Waals surface area contributed by atoms with Crippen LogP contribution >= 0.6 is 23.7 Å². The highest BCUT2D eigenvalue weighted by molar-refractivity contribution is 7.10. The van der Waals surface area contributed by atoms with Gasteiger partial charge in [-0.1, -0.05) is 36.4 Å². The summed E-state index contributed by atoms with van der Waals surface area (Å²) in [6, 6.07) is 16.4. The van der Waals surface area contributed by atoms with Gasteiger partial charge in [-0.25, -0.2) is 0 Å². The Morgan fingerprint density at radius 1 is 1.10 bits per heavy atom. The summed E-state index contributed by atoms with van der Waals surface area (Å²) in [5.74, 6) is 0.882. The second-order valence-corrected chi connectivity index (χ2v) is 5.60. The lowest BCUT2D eigenvalue weighted by Crippen LogP contribution is -2.13. The Balaban J connectivity index is 0.00000161. The molecule has 0 aliphatic heterocycles. The fourth-order valence-corrected chi connectivity index (χ4v) is 3.22. The van der Waals surface area contributed by atoms with Gasteiger partial charge in [0.15, 0.2) is 0 Å². The minimum atomic E-state index is -0.150. The Hall–Kier alpha value is -1.55. The van der Waals surface area contributed by atoms with E-state index in [1.807, 2.05) is 31.2 Å². The van der Waals surface area contributed by atoms with E-state index in [1.165, 1.54) is 10.8 Å². The first-order valence-electron chi connectivity index (χ1n) is 6.74. The number of fused-ring (bicyclic) bond motifs is 1. The molecule has 2 N–H and O–H groups in total. The fourth-order valence-electron chi connectivity index (χ4n) is 2.49. The van der Waals surface area contributed by atoms with Crippen molar-refractivity contribution in [3.05, 3.63) is 64.4 Å². The van der Waals surface area contributed by atoms with E-state index in [4.69, 9.17) is 10.5 Å². The van der Waals surface area contributed by atoms with Crippen molar-refractivity contribution in [3.63, 3.8) is 0 Å². The van der Waals surface area contributed by atoms with Gasteiger partial charge in [-0.2, -0.15) is 0 Å². The van der Waals surface area contributed by atoms with Crippen LogP contribution in [0.2, 0.25) is 0 Å². The van der Waals surface area contributed by atoms with Crippen LogP contribution in [0, 0.1) is 0 Å². The van der Waals surface area contributed by atoms with Crippen LogP contribution in [0.3, 0.4) is 0 Å². The van der Waals surface area contributed by atoms with Crippen LogP contribution in [0.25, 0.3) is 10.8 Å². The number of hydrogen-bond donors (Lipinski definition) is 1. The molecule has 0 aliphatic rings. The van der Waals surface area contributed by atoms with E-state index >= 15 is 0 Å². The molecule has 0 spiro atoms. The second kappa shape index (κ2) is 6.94. The monoisotopic (exact) mass is 319 g/mol. The minimum Gasteiger partial charge on any atom is -0.493 e. The molecule has 0 radical (unpaired) electrons. The Labute approximate surface area is 135 Å². The Kier molecular flexibility index (Phi) is 5.23. The number of nitrogens with two attached hydrogens (primary N) is 1. The zero-order chi connectivity index (χ0) is 13.9. The maximum atomic E-state index is 6.49. The van der Waals surface area contributed by atoms with Crippen molar-refractivity contribution in [2.24, 2.45) is 5.73 Å². The molecule has 3 rings (SSSR count). The van der Waals surface area contributed by atoms with Crippen molar-refractivity contribution in [3.8, 4) is 5.75 Å². The highest BCUT2D eigenvalue weighted by Crippen LogP contribution is 2.36. The smallest absolute Gasteiger partial charge is 0.125 e. The molecule has 0 fully saturated rings. The minimum absolute atomic E-state index is 0. The molecule has 1 heterocycles. The maximum Gasteiger partial charge on any atom is 0.125 e. The normalized spacial score (nSPS) is 11.9. The number of hydrogen-bond acceptors (Lipinski definition) is 3. The molecule has 3 aromatic rings. The first-order valence-corrected chi connectivity index (χ1v) is 7.62. The van der Waals surface area contributed by atoms with E-state index in [0.29, 0.717) is 6.61 Å². The summed E-state index contributed by atoms with van der Waals surface area (Å²) < 4.78 is 5.79. The maximum absolute atomic E-state index is 6.49. The average molecular weight is 320 g/mol. The van der Waals surface area contributed by atoms with Crippen molar-refractivity contribution in [1.29, 1.82) is 0 Å². The van der Waals surface area contributed by atoms with Crippen molar-refractivity contribution in [2.75, 3.05) is 6.61 Å². The lowest BCUT2D eigenvalue weighted by molar-refractivity contribution is 0.336. The third-order valence-corrected chi connectivity index (χ3v) is 4.35. The molecular weight excluding hydrogens is 302 g/mol. The van der Waals surface area contributed by atoms with Gasteiger partial charge in [-0.3, -0.25) is 0 Å². The van der Waals surface area contributed by atoms with Crippen molar-refractivity contribution < 1.29 is 4.74 Å². The highest BCUT2D eigenvalue weighted by atomic mass is 35.5. The van der Waals surface area contributed by atoms with E-state index in [-0.39, 0.29) is 18.4 Å². The molecule has 2 nitrogen and oxygen atoms in total. The molecule has 0 bridgehead atoms. The molecule has 0 aliphatic carbocycles.